The van der Waals surface area contributed by atoms with Gasteiger partial charge in [0.2, 0.25) is 11.8 Å². The van der Waals surface area contributed by atoms with Crippen LogP contribution in [0.15, 0.2) is 24.3 Å². The Morgan fingerprint density at radius 1 is 1.03 bits per heavy atom. The summed E-state index contributed by atoms with van der Waals surface area (Å²) in [7, 11) is 0. The number of carbonyl (C=O) groups is 2. The minimum absolute atomic E-state index is 0.0386. The van der Waals surface area contributed by atoms with Crippen molar-refractivity contribution in [2.24, 2.45) is 29.1 Å². The van der Waals surface area contributed by atoms with Gasteiger partial charge in [0.05, 0.1) is 0 Å². The SMILES string of the molecule is CC1CCN(c2ccc(NC(=O)CCNC(=O)C34CC5CC(CC(C5)C3)C4)cc2)C1. The van der Waals surface area contributed by atoms with E-state index in [-0.39, 0.29) is 17.2 Å². The Morgan fingerprint density at radius 3 is 2.23 bits per heavy atom. The Morgan fingerprint density at radius 2 is 1.67 bits per heavy atom. The molecule has 6 rings (SSSR count). The summed E-state index contributed by atoms with van der Waals surface area (Å²) in [5, 5.41) is 6.07. The Balaban J connectivity index is 1.08. The average Bonchev–Trinajstić information content (AvgIpc) is 3.14. The molecule has 1 aliphatic heterocycles. The van der Waals surface area contributed by atoms with Gasteiger partial charge >= 0.3 is 0 Å². The number of nitrogens with zero attached hydrogens (tertiary/aromatic N) is 1. The number of hydrogen-bond donors (Lipinski definition) is 2. The Labute approximate surface area is 180 Å². The zero-order valence-corrected chi connectivity index (χ0v) is 18.2. The maximum absolute atomic E-state index is 13.0. The van der Waals surface area contributed by atoms with Crippen LogP contribution in [-0.2, 0) is 9.59 Å². The molecule has 4 aliphatic carbocycles. The molecule has 4 saturated carbocycles. The molecule has 5 heteroatoms. The van der Waals surface area contributed by atoms with Crippen molar-refractivity contribution in [3.05, 3.63) is 24.3 Å². The third kappa shape index (κ3) is 3.95. The Kier molecular flexibility index (Phi) is 5.24. The molecule has 0 radical (unpaired) electrons. The monoisotopic (exact) mass is 409 g/mol. The zero-order valence-electron chi connectivity index (χ0n) is 18.2. The lowest BCUT2D eigenvalue weighted by molar-refractivity contribution is -0.146. The number of benzene rings is 1. The van der Waals surface area contributed by atoms with Crippen LogP contribution in [0.2, 0.25) is 0 Å². The largest absolute Gasteiger partial charge is 0.371 e. The Hall–Kier alpha value is -2.04. The first-order valence-corrected chi connectivity index (χ1v) is 11.9. The zero-order chi connectivity index (χ0) is 20.7. The molecule has 0 spiro atoms. The van der Waals surface area contributed by atoms with Crippen molar-refractivity contribution in [1.29, 1.82) is 0 Å². The van der Waals surface area contributed by atoms with E-state index in [2.05, 4.69) is 34.6 Å². The number of nitrogens with one attached hydrogen (secondary N) is 2. The van der Waals surface area contributed by atoms with Gasteiger partial charge in [0.15, 0.2) is 0 Å². The molecule has 5 fully saturated rings. The van der Waals surface area contributed by atoms with Gasteiger partial charge in [-0.05, 0) is 92.9 Å². The lowest BCUT2D eigenvalue weighted by Gasteiger charge is -2.55. The van der Waals surface area contributed by atoms with Gasteiger partial charge in [-0.25, -0.2) is 0 Å². The maximum Gasteiger partial charge on any atom is 0.226 e. The van der Waals surface area contributed by atoms with Crippen molar-refractivity contribution >= 4 is 23.2 Å². The third-order valence-electron chi connectivity index (χ3n) is 8.10. The van der Waals surface area contributed by atoms with Crippen LogP contribution in [0.1, 0.15) is 58.3 Å². The summed E-state index contributed by atoms with van der Waals surface area (Å²) in [6.45, 7) is 4.93. The summed E-state index contributed by atoms with van der Waals surface area (Å²) < 4.78 is 0. The molecule has 1 heterocycles. The summed E-state index contributed by atoms with van der Waals surface area (Å²) in [6.07, 6.45) is 8.79. The van der Waals surface area contributed by atoms with Gasteiger partial charge in [0.25, 0.3) is 0 Å². The van der Waals surface area contributed by atoms with E-state index in [1.165, 1.54) is 31.4 Å². The number of carbonyl (C=O) groups excluding carboxylic acids is 2. The molecule has 1 aromatic rings. The molecule has 30 heavy (non-hydrogen) atoms. The molecule has 162 valence electrons. The summed E-state index contributed by atoms with van der Waals surface area (Å²) in [6, 6.07) is 8.12. The molecule has 5 aliphatic rings. The standard InChI is InChI=1S/C25H35N3O2/c1-17-7-9-28(16-17)22-4-2-21(3-5-22)27-23(29)6-8-26-24(30)25-13-18-10-19(14-25)12-20(11-18)15-25/h2-5,17-20H,6-16H2,1H3,(H,26,30)(H,27,29). The lowest BCUT2D eigenvalue weighted by atomic mass is 9.49. The first-order valence-electron chi connectivity index (χ1n) is 11.9. The van der Waals surface area contributed by atoms with Crippen LogP contribution in [0.3, 0.4) is 0 Å². The van der Waals surface area contributed by atoms with Crippen LogP contribution in [0, 0.1) is 29.1 Å². The van der Waals surface area contributed by atoms with Crippen LogP contribution < -0.4 is 15.5 Å². The highest BCUT2D eigenvalue weighted by atomic mass is 16.2. The predicted octanol–water partition coefficient (Wildman–Crippen LogP) is 4.19. The molecule has 1 saturated heterocycles. The smallest absolute Gasteiger partial charge is 0.226 e. The molecule has 1 aromatic carbocycles. The average molecular weight is 410 g/mol. The summed E-state index contributed by atoms with van der Waals surface area (Å²) in [4.78, 5) is 27.7. The van der Waals surface area contributed by atoms with Crippen LogP contribution >= 0.6 is 0 Å². The van der Waals surface area contributed by atoms with Crippen LogP contribution in [0.5, 0.6) is 0 Å². The van der Waals surface area contributed by atoms with Crippen molar-refractivity contribution in [3.8, 4) is 0 Å². The van der Waals surface area contributed by atoms with E-state index in [1.54, 1.807) is 0 Å². The van der Waals surface area contributed by atoms with Gasteiger partial charge in [-0.15, -0.1) is 0 Å². The Bertz CT molecular complexity index is 768. The van der Waals surface area contributed by atoms with E-state index < -0.39 is 0 Å². The second-order valence-electron chi connectivity index (χ2n) is 10.6. The number of hydrogen-bond acceptors (Lipinski definition) is 3. The van der Waals surface area contributed by atoms with Crippen molar-refractivity contribution in [2.75, 3.05) is 29.9 Å². The van der Waals surface area contributed by atoms with E-state index >= 15 is 0 Å². The molecule has 2 N–H and O–H groups in total. The van der Waals surface area contributed by atoms with Crippen molar-refractivity contribution in [1.82, 2.24) is 5.32 Å². The first kappa shape index (κ1) is 19.9. The third-order valence-corrected chi connectivity index (χ3v) is 8.10. The van der Waals surface area contributed by atoms with E-state index in [1.807, 2.05) is 12.1 Å². The molecular formula is C25H35N3O2. The molecular weight excluding hydrogens is 374 g/mol. The summed E-state index contributed by atoms with van der Waals surface area (Å²) in [5.74, 6) is 3.20. The van der Waals surface area contributed by atoms with Gasteiger partial charge in [0, 0.05) is 42.8 Å². The van der Waals surface area contributed by atoms with Crippen LogP contribution in [-0.4, -0.2) is 31.4 Å². The number of anilines is 2. The van der Waals surface area contributed by atoms with Gasteiger partial charge in [-0.3, -0.25) is 9.59 Å². The van der Waals surface area contributed by atoms with Gasteiger partial charge in [0.1, 0.15) is 0 Å². The number of amides is 2. The van der Waals surface area contributed by atoms with Crippen LogP contribution in [0.25, 0.3) is 0 Å². The summed E-state index contributed by atoms with van der Waals surface area (Å²) >= 11 is 0. The highest BCUT2D eigenvalue weighted by molar-refractivity contribution is 5.91. The number of rotatable bonds is 6. The molecule has 5 nitrogen and oxygen atoms in total. The lowest BCUT2D eigenvalue weighted by Crippen LogP contribution is -2.53. The summed E-state index contributed by atoms with van der Waals surface area (Å²) in [5.41, 5.74) is 1.91. The molecule has 1 unspecified atom stereocenters. The van der Waals surface area contributed by atoms with Crippen molar-refractivity contribution in [3.63, 3.8) is 0 Å². The normalized spacial score (nSPS) is 34.2. The fourth-order valence-electron chi connectivity index (χ4n) is 7.01. The highest BCUT2D eigenvalue weighted by Crippen LogP contribution is 2.60. The van der Waals surface area contributed by atoms with Gasteiger partial charge < -0.3 is 15.5 Å². The fourth-order valence-corrected chi connectivity index (χ4v) is 7.01. The van der Waals surface area contributed by atoms with E-state index in [0.29, 0.717) is 13.0 Å². The van der Waals surface area contributed by atoms with E-state index in [9.17, 15) is 9.59 Å². The molecule has 1 atom stereocenters. The second kappa shape index (κ2) is 7.90. The van der Waals surface area contributed by atoms with Gasteiger partial charge in [-0.2, -0.15) is 0 Å². The van der Waals surface area contributed by atoms with Gasteiger partial charge in [-0.1, -0.05) is 6.92 Å². The highest BCUT2D eigenvalue weighted by Gasteiger charge is 2.54. The molecule has 0 aromatic heterocycles. The first-order chi connectivity index (χ1) is 14.5. The minimum atomic E-state index is -0.131. The molecule has 2 amide bonds. The topological polar surface area (TPSA) is 61.4 Å². The van der Waals surface area contributed by atoms with Crippen molar-refractivity contribution < 1.29 is 9.59 Å². The quantitative estimate of drug-likeness (QED) is 0.740. The fraction of sp³-hybridized carbons (Fsp3) is 0.680. The minimum Gasteiger partial charge on any atom is -0.371 e. The van der Waals surface area contributed by atoms with E-state index in [4.69, 9.17) is 0 Å². The second-order valence-corrected chi connectivity index (χ2v) is 10.6. The van der Waals surface area contributed by atoms with Crippen molar-refractivity contribution in [2.45, 2.75) is 58.3 Å². The maximum atomic E-state index is 13.0. The predicted molar refractivity (Wildman–Crippen MR) is 119 cm³/mol. The van der Waals surface area contributed by atoms with Crippen LogP contribution in [0.4, 0.5) is 11.4 Å². The molecule has 4 bridgehead atoms. The van der Waals surface area contributed by atoms with E-state index in [0.717, 1.165) is 61.7 Å².